The van der Waals surface area contributed by atoms with Gasteiger partial charge in [-0.1, -0.05) is 5.16 Å². The summed E-state index contributed by atoms with van der Waals surface area (Å²) in [5.74, 6) is 0.967. The Balaban J connectivity index is 1.79. The van der Waals surface area contributed by atoms with Crippen molar-refractivity contribution in [1.82, 2.24) is 10.1 Å². The topological polar surface area (TPSA) is 86.5 Å². The van der Waals surface area contributed by atoms with E-state index in [1.807, 2.05) is 6.92 Å². The van der Waals surface area contributed by atoms with Crippen LogP contribution in [0.3, 0.4) is 0 Å². The maximum Gasteiger partial charge on any atom is 0.259 e. The maximum absolute atomic E-state index is 13.2. The van der Waals surface area contributed by atoms with Gasteiger partial charge >= 0.3 is 0 Å². The van der Waals surface area contributed by atoms with Gasteiger partial charge in [-0.3, -0.25) is 4.79 Å². The number of anilines is 1. The first-order valence-electron chi connectivity index (χ1n) is 8.43. The Hall–Kier alpha value is -3.09. The number of hydrogen-bond acceptors (Lipinski definition) is 6. The quantitative estimate of drug-likeness (QED) is 0.774. The lowest BCUT2D eigenvalue weighted by atomic mass is 10.0. The van der Waals surface area contributed by atoms with Crippen molar-refractivity contribution >= 4 is 22.7 Å². The van der Waals surface area contributed by atoms with E-state index in [2.05, 4.69) is 15.5 Å². The van der Waals surface area contributed by atoms with Crippen LogP contribution in [0.1, 0.15) is 33.7 Å². The molecule has 2 aromatic heterocycles. The van der Waals surface area contributed by atoms with Crippen LogP contribution in [0.2, 0.25) is 0 Å². The first-order valence-corrected chi connectivity index (χ1v) is 8.43. The highest BCUT2D eigenvalue weighted by atomic mass is 16.5. The molecule has 1 amide bonds. The molecule has 7 nitrogen and oxygen atoms in total. The molecule has 3 aromatic rings. The molecule has 0 saturated carbocycles. The van der Waals surface area contributed by atoms with Crippen molar-refractivity contribution in [3.8, 4) is 11.5 Å². The highest BCUT2D eigenvalue weighted by Gasteiger charge is 2.27. The summed E-state index contributed by atoms with van der Waals surface area (Å²) in [5, 5.41) is 7.61. The van der Waals surface area contributed by atoms with E-state index in [1.54, 1.807) is 32.4 Å². The van der Waals surface area contributed by atoms with Crippen molar-refractivity contribution in [1.29, 1.82) is 0 Å². The summed E-state index contributed by atoms with van der Waals surface area (Å²) in [6.07, 6.45) is 2.65. The predicted octanol–water partition coefficient (Wildman–Crippen LogP) is 3.29. The van der Waals surface area contributed by atoms with E-state index in [-0.39, 0.29) is 5.91 Å². The summed E-state index contributed by atoms with van der Waals surface area (Å²) < 4.78 is 15.9. The highest BCUT2D eigenvalue weighted by molar-refractivity contribution is 6.14. The lowest BCUT2D eigenvalue weighted by molar-refractivity contribution is 0.102. The number of aryl methyl sites for hydroxylation is 2. The molecular formula is C19H19N3O4. The number of nitrogens with zero attached hydrogens (tertiary/aromatic N) is 2. The van der Waals surface area contributed by atoms with E-state index in [1.165, 1.54) is 0 Å². The summed E-state index contributed by atoms with van der Waals surface area (Å²) in [6, 6.07) is 5.26. The zero-order valence-corrected chi connectivity index (χ0v) is 14.9. The van der Waals surface area contributed by atoms with Gasteiger partial charge in [0.25, 0.3) is 11.6 Å². The third kappa shape index (κ3) is 2.56. The Morgan fingerprint density at radius 3 is 2.85 bits per heavy atom. The van der Waals surface area contributed by atoms with Gasteiger partial charge in [-0.2, -0.15) is 0 Å². The minimum atomic E-state index is -0.217. The van der Waals surface area contributed by atoms with Crippen molar-refractivity contribution in [2.24, 2.45) is 0 Å². The van der Waals surface area contributed by atoms with Crippen molar-refractivity contribution in [2.45, 2.75) is 26.2 Å². The Kier molecular flexibility index (Phi) is 3.99. The van der Waals surface area contributed by atoms with Crippen LogP contribution in [0.25, 0.3) is 11.1 Å². The molecule has 0 fully saturated rings. The van der Waals surface area contributed by atoms with Crippen LogP contribution in [0.5, 0.6) is 11.5 Å². The van der Waals surface area contributed by atoms with Gasteiger partial charge in [0.2, 0.25) is 0 Å². The summed E-state index contributed by atoms with van der Waals surface area (Å²) in [7, 11) is 3.13. The second-order valence-electron chi connectivity index (χ2n) is 6.23. The van der Waals surface area contributed by atoms with Crippen LogP contribution in [-0.2, 0) is 12.8 Å². The van der Waals surface area contributed by atoms with E-state index < -0.39 is 0 Å². The van der Waals surface area contributed by atoms with Crippen molar-refractivity contribution < 1.29 is 18.8 Å². The lowest BCUT2D eigenvalue weighted by Crippen LogP contribution is -2.16. The monoisotopic (exact) mass is 353 g/mol. The molecule has 0 spiro atoms. The number of benzene rings is 1. The first kappa shape index (κ1) is 16.4. The van der Waals surface area contributed by atoms with Crippen LogP contribution in [0, 0.1) is 6.92 Å². The number of carbonyl (C=O) groups excluding carboxylic acids is 1. The lowest BCUT2D eigenvalue weighted by Gasteiger charge is -2.14. The van der Waals surface area contributed by atoms with E-state index in [9.17, 15) is 4.79 Å². The molecule has 1 aromatic carbocycles. The minimum Gasteiger partial charge on any atom is -0.497 e. The van der Waals surface area contributed by atoms with Gasteiger partial charge in [-0.15, -0.1) is 0 Å². The van der Waals surface area contributed by atoms with Crippen LogP contribution in [0.15, 0.2) is 22.7 Å². The number of ether oxygens (including phenoxy) is 2. The highest BCUT2D eigenvalue weighted by Crippen LogP contribution is 2.34. The number of nitrogens with one attached hydrogen (secondary N) is 1. The molecule has 0 bridgehead atoms. The van der Waals surface area contributed by atoms with Gasteiger partial charge in [-0.05, 0) is 43.9 Å². The SMILES string of the molecule is COc1ccc(NC(=O)c2c3c(nc4onc(C)c24)CCC3)c(OC)c1. The van der Waals surface area contributed by atoms with Gasteiger partial charge in [0, 0.05) is 11.8 Å². The smallest absolute Gasteiger partial charge is 0.259 e. The average Bonchev–Trinajstić information content (AvgIpc) is 3.26. The second-order valence-corrected chi connectivity index (χ2v) is 6.23. The Morgan fingerprint density at radius 2 is 2.08 bits per heavy atom. The first-order chi connectivity index (χ1) is 12.6. The van der Waals surface area contributed by atoms with Gasteiger partial charge in [-0.25, -0.2) is 4.98 Å². The summed E-state index contributed by atoms with van der Waals surface area (Å²) in [6.45, 7) is 1.82. The number of methoxy groups -OCH3 is 2. The number of pyridine rings is 1. The molecule has 26 heavy (non-hydrogen) atoms. The molecule has 1 N–H and O–H groups in total. The molecule has 1 aliphatic carbocycles. The molecule has 0 atom stereocenters. The van der Waals surface area contributed by atoms with Gasteiger partial charge in [0.05, 0.1) is 36.6 Å². The molecule has 0 unspecified atom stereocenters. The van der Waals surface area contributed by atoms with Crippen LogP contribution in [0.4, 0.5) is 5.69 Å². The zero-order chi connectivity index (χ0) is 18.3. The summed E-state index contributed by atoms with van der Waals surface area (Å²) in [5.41, 5.74) is 4.14. The number of fused-ring (bicyclic) bond motifs is 2. The van der Waals surface area contributed by atoms with E-state index in [0.29, 0.717) is 39.5 Å². The van der Waals surface area contributed by atoms with Gasteiger partial charge in [0.15, 0.2) is 0 Å². The molecular weight excluding hydrogens is 334 g/mol. The Bertz CT molecular complexity index is 1010. The molecule has 4 rings (SSSR count). The summed E-state index contributed by atoms with van der Waals surface area (Å²) >= 11 is 0. The zero-order valence-electron chi connectivity index (χ0n) is 14.9. The standard InChI is InChI=1S/C19H19N3O4/c1-10-16-17(12-5-4-6-13(12)21-19(16)26-22-10)18(23)20-14-8-7-11(24-2)9-15(14)25-3/h7-9H,4-6H2,1-3H3,(H,20,23). The second kappa shape index (κ2) is 6.33. The molecule has 7 heteroatoms. The molecule has 1 aliphatic rings. The number of carbonyl (C=O) groups is 1. The van der Waals surface area contributed by atoms with Crippen LogP contribution in [-0.4, -0.2) is 30.3 Å². The van der Waals surface area contributed by atoms with E-state index in [4.69, 9.17) is 14.0 Å². The molecule has 134 valence electrons. The van der Waals surface area contributed by atoms with Crippen molar-refractivity contribution in [3.63, 3.8) is 0 Å². The molecule has 0 aliphatic heterocycles. The fourth-order valence-electron chi connectivity index (χ4n) is 3.45. The number of rotatable bonds is 4. The van der Waals surface area contributed by atoms with E-state index >= 15 is 0 Å². The predicted molar refractivity (Wildman–Crippen MR) is 96.1 cm³/mol. The third-order valence-corrected chi connectivity index (χ3v) is 4.71. The molecule has 2 heterocycles. The minimum absolute atomic E-state index is 0.217. The normalized spacial score (nSPS) is 12.9. The largest absolute Gasteiger partial charge is 0.497 e. The fourth-order valence-corrected chi connectivity index (χ4v) is 3.45. The number of aromatic nitrogens is 2. The number of amides is 1. The van der Waals surface area contributed by atoms with Crippen LogP contribution >= 0.6 is 0 Å². The number of hydrogen-bond donors (Lipinski definition) is 1. The van der Waals surface area contributed by atoms with Gasteiger partial charge in [0.1, 0.15) is 11.5 Å². The Morgan fingerprint density at radius 1 is 1.23 bits per heavy atom. The Labute approximate surface area is 150 Å². The van der Waals surface area contributed by atoms with Crippen LogP contribution < -0.4 is 14.8 Å². The molecule has 0 saturated heterocycles. The van der Waals surface area contributed by atoms with Crippen molar-refractivity contribution in [2.75, 3.05) is 19.5 Å². The van der Waals surface area contributed by atoms with Crippen molar-refractivity contribution in [3.05, 3.63) is 40.7 Å². The van der Waals surface area contributed by atoms with E-state index in [0.717, 1.165) is 30.5 Å². The average molecular weight is 353 g/mol. The molecule has 0 radical (unpaired) electrons. The summed E-state index contributed by atoms with van der Waals surface area (Å²) in [4.78, 5) is 17.7. The maximum atomic E-state index is 13.2. The van der Waals surface area contributed by atoms with Gasteiger partial charge < -0.3 is 19.3 Å². The third-order valence-electron chi connectivity index (χ3n) is 4.71. The fraction of sp³-hybridized carbons (Fsp3) is 0.316.